The first-order valence-electron chi connectivity index (χ1n) is 13.1. The van der Waals surface area contributed by atoms with Crippen LogP contribution in [0.25, 0.3) is 0 Å². The molecule has 4 rings (SSSR count). The van der Waals surface area contributed by atoms with Crippen LogP contribution >= 0.6 is 0 Å². The van der Waals surface area contributed by atoms with Crippen LogP contribution in [-0.2, 0) is 4.79 Å². The molecule has 2 nitrogen and oxygen atoms in total. The van der Waals surface area contributed by atoms with Crippen molar-refractivity contribution in [1.29, 1.82) is 0 Å². The normalized spacial score (nSPS) is 46.7. The molecule has 9 atom stereocenters. The van der Waals surface area contributed by atoms with Gasteiger partial charge in [0.25, 0.3) is 0 Å². The molecule has 0 spiro atoms. The van der Waals surface area contributed by atoms with E-state index in [2.05, 4.69) is 40.6 Å². The van der Waals surface area contributed by atoms with Gasteiger partial charge in [-0.3, -0.25) is 0 Å². The number of carbonyl (C=O) groups excluding carboxylic acids is 1. The summed E-state index contributed by atoms with van der Waals surface area (Å²) >= 11 is 0. The van der Waals surface area contributed by atoms with Crippen molar-refractivity contribution in [1.82, 2.24) is 0 Å². The second-order valence-corrected chi connectivity index (χ2v) is 12.7. The van der Waals surface area contributed by atoms with E-state index in [9.17, 15) is 9.90 Å². The van der Waals surface area contributed by atoms with Crippen molar-refractivity contribution in [3.8, 4) is 0 Å². The third kappa shape index (κ3) is 3.65. The van der Waals surface area contributed by atoms with E-state index < -0.39 is 0 Å². The highest BCUT2D eigenvalue weighted by Gasteiger charge is 2.61. The molecule has 0 amide bonds. The molecule has 170 valence electrons. The fourth-order valence-corrected chi connectivity index (χ4v) is 9.22. The second kappa shape index (κ2) is 8.40. The second-order valence-electron chi connectivity index (χ2n) is 12.7. The maximum atomic E-state index is 12.0. The first kappa shape index (κ1) is 22.6. The summed E-state index contributed by atoms with van der Waals surface area (Å²) in [6.07, 6.45) is 13.1. The third-order valence-electron chi connectivity index (χ3n) is 10.8. The summed E-state index contributed by atoms with van der Waals surface area (Å²) in [6.45, 7) is 12.3. The summed E-state index contributed by atoms with van der Waals surface area (Å²) in [5.41, 5.74) is 1.69. The van der Waals surface area contributed by atoms with Gasteiger partial charge in [-0.05, 0) is 104 Å². The molecule has 4 aliphatic carbocycles. The Morgan fingerprint density at radius 2 is 1.70 bits per heavy atom. The number of hydrogen-bond acceptors (Lipinski definition) is 2. The number of rotatable bonds is 5. The van der Waals surface area contributed by atoms with E-state index in [1.165, 1.54) is 44.9 Å². The Labute approximate surface area is 185 Å². The first-order chi connectivity index (χ1) is 14.2. The lowest BCUT2D eigenvalue weighted by atomic mass is 9.43. The predicted octanol–water partition coefficient (Wildman–Crippen LogP) is 6.84. The van der Waals surface area contributed by atoms with Gasteiger partial charge in [-0.1, -0.05) is 53.9 Å². The topological polar surface area (TPSA) is 37.3 Å². The van der Waals surface area contributed by atoms with Gasteiger partial charge in [-0.25, -0.2) is 4.79 Å². The molecular formula is C28H46O2. The van der Waals surface area contributed by atoms with Crippen molar-refractivity contribution in [3.63, 3.8) is 0 Å². The zero-order valence-corrected chi connectivity index (χ0v) is 20.3. The lowest BCUT2D eigenvalue weighted by Crippen LogP contribution is -2.55. The zero-order chi connectivity index (χ0) is 21.7. The van der Waals surface area contributed by atoms with Gasteiger partial charge in [0.1, 0.15) is 5.94 Å². The molecule has 0 heterocycles. The fourth-order valence-electron chi connectivity index (χ4n) is 9.22. The first-order valence-corrected chi connectivity index (χ1v) is 13.1. The van der Waals surface area contributed by atoms with E-state index >= 15 is 0 Å². The van der Waals surface area contributed by atoms with Gasteiger partial charge in [0.2, 0.25) is 0 Å². The van der Waals surface area contributed by atoms with Gasteiger partial charge in [0.15, 0.2) is 0 Å². The molecule has 30 heavy (non-hydrogen) atoms. The van der Waals surface area contributed by atoms with E-state index in [0.717, 1.165) is 60.8 Å². The van der Waals surface area contributed by atoms with Crippen molar-refractivity contribution in [2.75, 3.05) is 0 Å². The lowest BCUT2D eigenvalue weighted by molar-refractivity contribution is -0.108. The quantitative estimate of drug-likeness (QED) is 0.500. The minimum atomic E-state index is -0.223. The standard InChI is InChI=1S/C28H46O2/c1-18(2)7-6-8-19(3)23-9-10-24-22-15-20(17-29)26-16-21(30)11-13-28(26,5)25(22)12-14-27(23,24)4/h18-19,21-26,30H,6-16H2,1-5H3/t19?,21?,22-,23+,24-,25-,26?,27+,28+/m0/s1. The van der Waals surface area contributed by atoms with Crippen molar-refractivity contribution >= 4 is 5.94 Å². The molecule has 0 saturated heterocycles. The van der Waals surface area contributed by atoms with Crippen molar-refractivity contribution in [2.45, 2.75) is 111 Å². The average molecular weight is 415 g/mol. The van der Waals surface area contributed by atoms with Crippen molar-refractivity contribution in [2.24, 2.45) is 52.3 Å². The van der Waals surface area contributed by atoms with Crippen molar-refractivity contribution in [3.05, 3.63) is 5.57 Å². The molecule has 4 fully saturated rings. The van der Waals surface area contributed by atoms with Crippen LogP contribution in [0.2, 0.25) is 0 Å². The van der Waals surface area contributed by atoms with Crippen LogP contribution < -0.4 is 0 Å². The summed E-state index contributed by atoms with van der Waals surface area (Å²) < 4.78 is 0. The number of hydrogen-bond donors (Lipinski definition) is 1. The Balaban J connectivity index is 1.54. The van der Waals surface area contributed by atoms with Crippen LogP contribution in [0.3, 0.4) is 0 Å². The largest absolute Gasteiger partial charge is 0.393 e. The fraction of sp³-hybridized carbons (Fsp3) is 0.929. The van der Waals surface area contributed by atoms with E-state index in [4.69, 9.17) is 0 Å². The van der Waals surface area contributed by atoms with Crippen LogP contribution in [0.4, 0.5) is 0 Å². The van der Waals surface area contributed by atoms with Gasteiger partial charge < -0.3 is 5.11 Å². The van der Waals surface area contributed by atoms with Gasteiger partial charge in [0, 0.05) is 5.57 Å². The van der Waals surface area contributed by atoms with Gasteiger partial charge >= 0.3 is 0 Å². The molecule has 0 aromatic rings. The minimum absolute atomic E-state index is 0.206. The highest BCUT2D eigenvalue weighted by Crippen LogP contribution is 2.69. The highest BCUT2D eigenvalue weighted by molar-refractivity contribution is 5.55. The monoisotopic (exact) mass is 414 g/mol. The van der Waals surface area contributed by atoms with Crippen LogP contribution in [0.1, 0.15) is 105 Å². The Morgan fingerprint density at radius 3 is 2.40 bits per heavy atom. The molecule has 2 heteroatoms. The number of fused-ring (bicyclic) bond motifs is 5. The number of aliphatic hydroxyl groups excluding tert-OH is 1. The summed E-state index contributed by atoms with van der Waals surface area (Å²) in [7, 11) is 0. The van der Waals surface area contributed by atoms with E-state index in [0.29, 0.717) is 11.3 Å². The molecule has 4 saturated carbocycles. The van der Waals surface area contributed by atoms with Crippen molar-refractivity contribution < 1.29 is 9.90 Å². The molecule has 0 radical (unpaired) electrons. The molecule has 0 aromatic carbocycles. The number of allylic oxidation sites excluding steroid dienone is 1. The number of aliphatic hydroxyl groups is 1. The van der Waals surface area contributed by atoms with Crippen LogP contribution in [0, 0.1) is 52.3 Å². The molecule has 0 aromatic heterocycles. The molecule has 0 aliphatic heterocycles. The molecule has 3 unspecified atom stereocenters. The smallest absolute Gasteiger partial charge is 0.123 e. The summed E-state index contributed by atoms with van der Waals surface area (Å²) in [5, 5.41) is 10.3. The third-order valence-corrected chi connectivity index (χ3v) is 10.8. The molecular weight excluding hydrogens is 368 g/mol. The van der Waals surface area contributed by atoms with E-state index in [1.807, 2.05) is 0 Å². The van der Waals surface area contributed by atoms with Gasteiger partial charge in [0.05, 0.1) is 6.10 Å². The van der Waals surface area contributed by atoms with E-state index in [-0.39, 0.29) is 17.4 Å². The van der Waals surface area contributed by atoms with Crippen LogP contribution in [0.15, 0.2) is 5.57 Å². The maximum Gasteiger partial charge on any atom is 0.123 e. The Bertz CT molecular complexity index is 676. The van der Waals surface area contributed by atoms with Crippen LogP contribution in [0.5, 0.6) is 0 Å². The summed E-state index contributed by atoms with van der Waals surface area (Å²) in [4.78, 5) is 12.0. The maximum absolute atomic E-state index is 12.0. The molecule has 0 bridgehead atoms. The molecule has 4 aliphatic rings. The Morgan fingerprint density at radius 1 is 1.00 bits per heavy atom. The van der Waals surface area contributed by atoms with E-state index in [1.54, 1.807) is 0 Å². The Kier molecular flexibility index (Phi) is 6.33. The zero-order valence-electron chi connectivity index (χ0n) is 20.3. The predicted molar refractivity (Wildman–Crippen MR) is 124 cm³/mol. The molecule has 1 N–H and O–H groups in total. The highest BCUT2D eigenvalue weighted by atomic mass is 16.3. The lowest BCUT2D eigenvalue weighted by Gasteiger charge is -2.61. The minimum Gasteiger partial charge on any atom is -0.393 e. The SMILES string of the molecule is CC(C)CCCC(C)[C@H]1CC[C@H]2[C@@H]3CC(=C=O)C4CC(O)CC[C@]4(C)[C@H]3CC[C@]12C. The van der Waals surface area contributed by atoms with Gasteiger partial charge in [-0.2, -0.15) is 0 Å². The van der Waals surface area contributed by atoms with Crippen LogP contribution in [-0.4, -0.2) is 17.2 Å². The van der Waals surface area contributed by atoms with Gasteiger partial charge in [-0.15, -0.1) is 0 Å². The summed E-state index contributed by atoms with van der Waals surface area (Å²) in [5.74, 6) is 7.37. The Hall–Kier alpha value is -0.590. The average Bonchev–Trinajstić information content (AvgIpc) is 3.05. The summed E-state index contributed by atoms with van der Waals surface area (Å²) in [6, 6.07) is 0.